The van der Waals surface area contributed by atoms with Crippen LogP contribution in [-0.2, 0) is 29.1 Å². The minimum Gasteiger partial charge on any atom is -0.479 e. The fourth-order valence-electron chi connectivity index (χ4n) is 2.96. The molecular formula is C21H26N2O4. The topological polar surface area (TPSA) is 77.5 Å². The summed E-state index contributed by atoms with van der Waals surface area (Å²) in [5, 5.41) is 14.4. The van der Waals surface area contributed by atoms with Crippen molar-refractivity contribution >= 4 is 16.9 Å². The second kappa shape index (κ2) is 8.39. The van der Waals surface area contributed by atoms with E-state index in [4.69, 9.17) is 14.4 Å². The molecule has 27 heavy (non-hydrogen) atoms. The first-order valence-corrected chi connectivity index (χ1v) is 9.31. The molecule has 0 saturated carbocycles. The average molecular weight is 370 g/mol. The molecule has 0 fully saturated rings. The van der Waals surface area contributed by atoms with Gasteiger partial charge in [0.05, 0.1) is 5.69 Å². The van der Waals surface area contributed by atoms with Gasteiger partial charge >= 0.3 is 5.97 Å². The van der Waals surface area contributed by atoms with E-state index >= 15 is 0 Å². The molecule has 2 aromatic heterocycles. The number of aliphatic carboxylic acids is 1. The Morgan fingerprint density at radius 1 is 1.22 bits per heavy atom. The summed E-state index contributed by atoms with van der Waals surface area (Å²) in [5.74, 6) is -0.448. The quantitative estimate of drug-likeness (QED) is 0.535. The molecule has 3 aromatic rings. The van der Waals surface area contributed by atoms with Gasteiger partial charge in [-0.1, -0.05) is 29.8 Å². The van der Waals surface area contributed by atoms with Crippen LogP contribution in [0.5, 0.6) is 0 Å². The average Bonchev–Trinajstić information content (AvgIpc) is 3.27. The van der Waals surface area contributed by atoms with E-state index in [2.05, 4.69) is 46.3 Å². The molecule has 0 saturated heterocycles. The Balaban J connectivity index is 1.38. The van der Waals surface area contributed by atoms with Gasteiger partial charge in [0.2, 0.25) is 0 Å². The molecule has 6 nitrogen and oxygen atoms in total. The highest BCUT2D eigenvalue weighted by atomic mass is 16.5. The van der Waals surface area contributed by atoms with Crippen LogP contribution in [0.4, 0.5) is 0 Å². The molecule has 1 aromatic carbocycles. The molecule has 0 aliphatic carbocycles. The number of benzene rings is 1. The number of para-hydroxylation sites is 1. The summed E-state index contributed by atoms with van der Waals surface area (Å²) < 4.78 is 12.9. The number of hydrogen-bond donors (Lipinski definition) is 1. The molecule has 0 amide bonds. The lowest BCUT2D eigenvalue weighted by Gasteiger charge is -2.18. The van der Waals surface area contributed by atoms with Crippen LogP contribution in [0, 0.1) is 0 Å². The summed E-state index contributed by atoms with van der Waals surface area (Å²) in [6.07, 6.45) is 6.24. The van der Waals surface area contributed by atoms with Crippen molar-refractivity contribution in [3.05, 3.63) is 54.0 Å². The van der Waals surface area contributed by atoms with Crippen LogP contribution in [0.15, 0.2) is 47.1 Å². The number of nitrogens with zero attached hydrogens (tertiary/aromatic N) is 2. The van der Waals surface area contributed by atoms with E-state index in [9.17, 15) is 4.79 Å². The minimum atomic E-state index is -1.24. The zero-order valence-corrected chi connectivity index (χ0v) is 15.9. The number of unbranched alkanes of at least 4 members (excludes halogenated alkanes) is 2. The first-order valence-electron chi connectivity index (χ1n) is 9.31. The normalized spacial score (nSPS) is 11.9. The summed E-state index contributed by atoms with van der Waals surface area (Å²) in [7, 11) is 0. The number of rotatable bonds is 10. The Morgan fingerprint density at radius 2 is 2.04 bits per heavy atom. The Hall–Kier alpha value is -2.60. The second-order valence-corrected chi connectivity index (χ2v) is 7.27. The molecule has 144 valence electrons. The van der Waals surface area contributed by atoms with Crippen LogP contribution < -0.4 is 0 Å². The third-order valence-electron chi connectivity index (χ3n) is 4.71. The van der Waals surface area contributed by atoms with Crippen LogP contribution >= 0.6 is 0 Å². The molecular weight excluding hydrogens is 344 g/mol. The first kappa shape index (κ1) is 19.2. The predicted octanol–water partition coefficient (Wildman–Crippen LogP) is 4.42. The van der Waals surface area contributed by atoms with E-state index in [0.29, 0.717) is 5.76 Å². The van der Waals surface area contributed by atoms with Crippen molar-refractivity contribution in [3.63, 3.8) is 0 Å². The number of carboxylic acids is 1. The van der Waals surface area contributed by atoms with Gasteiger partial charge in [0, 0.05) is 24.3 Å². The fraction of sp³-hybridized carbons (Fsp3) is 0.429. The van der Waals surface area contributed by atoms with Gasteiger partial charge < -0.3 is 18.9 Å². The summed E-state index contributed by atoms with van der Waals surface area (Å²) in [4.78, 5) is 11.0. The molecule has 0 bridgehead atoms. The Bertz CT molecular complexity index is 894. The van der Waals surface area contributed by atoms with E-state index < -0.39 is 11.6 Å². The SMILES string of the molecule is CC(C)(OCc1cc(CCCCCn2ccc3ccccc32)no1)C(=O)O. The number of carboxylic acid groups (broad SMARTS) is 1. The summed E-state index contributed by atoms with van der Waals surface area (Å²) in [6, 6.07) is 12.4. The zero-order chi connectivity index (χ0) is 19.3. The van der Waals surface area contributed by atoms with Crippen LogP contribution in [-0.4, -0.2) is 26.4 Å². The largest absolute Gasteiger partial charge is 0.479 e. The summed E-state index contributed by atoms with van der Waals surface area (Å²) in [5.41, 5.74) is 0.923. The number of hydrogen-bond acceptors (Lipinski definition) is 4. The van der Waals surface area contributed by atoms with Gasteiger partial charge in [0.15, 0.2) is 11.4 Å². The number of ether oxygens (including phenoxy) is 1. The van der Waals surface area contributed by atoms with Crippen molar-refractivity contribution in [2.75, 3.05) is 0 Å². The second-order valence-electron chi connectivity index (χ2n) is 7.27. The number of aryl methyl sites for hydroxylation is 2. The third kappa shape index (κ3) is 4.98. The number of carbonyl (C=O) groups is 1. The van der Waals surface area contributed by atoms with Gasteiger partial charge in [-0.3, -0.25) is 0 Å². The smallest absolute Gasteiger partial charge is 0.335 e. The van der Waals surface area contributed by atoms with Crippen molar-refractivity contribution < 1.29 is 19.2 Å². The highest BCUT2D eigenvalue weighted by molar-refractivity contribution is 5.79. The number of fused-ring (bicyclic) bond motifs is 1. The Labute approximate surface area is 158 Å². The van der Waals surface area contributed by atoms with Crippen molar-refractivity contribution in [2.24, 2.45) is 0 Å². The lowest BCUT2D eigenvalue weighted by Crippen LogP contribution is -2.34. The molecule has 0 unspecified atom stereocenters. The van der Waals surface area contributed by atoms with Gasteiger partial charge in [0.25, 0.3) is 0 Å². The maximum absolute atomic E-state index is 11.0. The van der Waals surface area contributed by atoms with Gasteiger partial charge in [-0.05, 0) is 50.6 Å². The Morgan fingerprint density at radius 3 is 2.85 bits per heavy atom. The molecule has 0 spiro atoms. The maximum atomic E-state index is 11.0. The maximum Gasteiger partial charge on any atom is 0.335 e. The van der Waals surface area contributed by atoms with Crippen LogP contribution in [0.25, 0.3) is 10.9 Å². The van der Waals surface area contributed by atoms with E-state index in [1.54, 1.807) is 0 Å². The molecule has 6 heteroatoms. The van der Waals surface area contributed by atoms with Crippen molar-refractivity contribution in [2.45, 2.75) is 58.3 Å². The van der Waals surface area contributed by atoms with E-state index in [-0.39, 0.29) is 6.61 Å². The van der Waals surface area contributed by atoms with Crippen molar-refractivity contribution in [1.82, 2.24) is 9.72 Å². The zero-order valence-electron chi connectivity index (χ0n) is 15.9. The van der Waals surface area contributed by atoms with Crippen molar-refractivity contribution in [1.29, 1.82) is 0 Å². The fourth-order valence-corrected chi connectivity index (χ4v) is 2.96. The van der Waals surface area contributed by atoms with Gasteiger partial charge in [-0.25, -0.2) is 4.79 Å². The van der Waals surface area contributed by atoms with Crippen LogP contribution in [0.1, 0.15) is 44.6 Å². The first-order chi connectivity index (χ1) is 13.0. The highest BCUT2D eigenvalue weighted by Crippen LogP contribution is 2.17. The minimum absolute atomic E-state index is 0.104. The summed E-state index contributed by atoms with van der Waals surface area (Å²) >= 11 is 0. The van der Waals surface area contributed by atoms with Crippen molar-refractivity contribution in [3.8, 4) is 0 Å². The molecule has 3 rings (SSSR count). The predicted molar refractivity (Wildman–Crippen MR) is 102 cm³/mol. The summed E-state index contributed by atoms with van der Waals surface area (Å²) in [6.45, 7) is 4.14. The van der Waals surface area contributed by atoms with Crippen LogP contribution in [0.2, 0.25) is 0 Å². The van der Waals surface area contributed by atoms with E-state index in [1.165, 1.54) is 24.8 Å². The molecule has 0 atom stereocenters. The number of aromatic nitrogens is 2. The van der Waals surface area contributed by atoms with Gasteiger partial charge in [0.1, 0.15) is 6.61 Å². The Kier molecular flexibility index (Phi) is 5.96. The monoisotopic (exact) mass is 370 g/mol. The standard InChI is InChI=1S/C21H26N2O4/c1-21(2,20(24)25)26-15-18-14-17(22-27-18)9-4-3-7-12-23-13-11-16-8-5-6-10-19(16)23/h5-6,8,10-11,13-14H,3-4,7,9,12,15H2,1-2H3,(H,24,25). The molecule has 0 aliphatic heterocycles. The third-order valence-corrected chi connectivity index (χ3v) is 4.71. The molecule has 1 N–H and O–H groups in total. The lowest BCUT2D eigenvalue weighted by molar-refractivity contribution is -0.163. The van der Waals surface area contributed by atoms with Crippen LogP contribution in [0.3, 0.4) is 0 Å². The van der Waals surface area contributed by atoms with E-state index in [1.807, 2.05) is 6.07 Å². The molecule has 2 heterocycles. The van der Waals surface area contributed by atoms with E-state index in [0.717, 1.165) is 37.9 Å². The van der Waals surface area contributed by atoms with Gasteiger partial charge in [-0.15, -0.1) is 0 Å². The lowest BCUT2D eigenvalue weighted by atomic mass is 10.1. The molecule has 0 aliphatic rings. The van der Waals surface area contributed by atoms with Gasteiger partial charge in [-0.2, -0.15) is 0 Å². The molecule has 0 radical (unpaired) electrons. The highest BCUT2D eigenvalue weighted by Gasteiger charge is 2.28.